The van der Waals surface area contributed by atoms with E-state index in [0.717, 1.165) is 29.4 Å². The summed E-state index contributed by atoms with van der Waals surface area (Å²) in [6.45, 7) is 4.04. The predicted molar refractivity (Wildman–Crippen MR) is 72.2 cm³/mol. The standard InChI is InChI=1S/C13H18BrNO/c1-10-6-7-11(2)12(9-10)15-13(16)5-3-4-8-14/h6-7,9H,3-5,8H2,1-2H3,(H,15,16). The third kappa shape index (κ3) is 4.35. The predicted octanol–water partition coefficient (Wildman–Crippen LogP) is 3.81. The molecule has 1 amide bonds. The second kappa shape index (κ2) is 6.69. The molecule has 1 aromatic rings. The number of halogens is 1. The third-order valence-corrected chi connectivity index (χ3v) is 3.02. The number of aryl methyl sites for hydroxylation is 2. The van der Waals surface area contributed by atoms with Crippen LogP contribution in [0.1, 0.15) is 30.4 Å². The average Bonchev–Trinajstić information content (AvgIpc) is 2.24. The number of hydrogen-bond acceptors (Lipinski definition) is 1. The number of rotatable bonds is 5. The zero-order valence-corrected chi connectivity index (χ0v) is 11.4. The lowest BCUT2D eigenvalue weighted by Gasteiger charge is -2.09. The minimum atomic E-state index is 0.106. The van der Waals surface area contributed by atoms with Gasteiger partial charge in [0.05, 0.1) is 0 Å². The van der Waals surface area contributed by atoms with Gasteiger partial charge in [-0.3, -0.25) is 4.79 Å². The van der Waals surface area contributed by atoms with Gasteiger partial charge in [0.1, 0.15) is 0 Å². The van der Waals surface area contributed by atoms with E-state index in [1.54, 1.807) is 0 Å². The average molecular weight is 284 g/mol. The Morgan fingerprint density at radius 3 is 2.75 bits per heavy atom. The number of unbranched alkanes of at least 4 members (excludes halogenated alkanes) is 1. The number of carbonyl (C=O) groups excluding carboxylic acids is 1. The molecular formula is C13H18BrNO. The van der Waals surface area contributed by atoms with Gasteiger partial charge in [0.25, 0.3) is 0 Å². The van der Waals surface area contributed by atoms with Gasteiger partial charge in [0.2, 0.25) is 5.91 Å². The van der Waals surface area contributed by atoms with E-state index >= 15 is 0 Å². The van der Waals surface area contributed by atoms with Gasteiger partial charge in [-0.1, -0.05) is 28.1 Å². The zero-order chi connectivity index (χ0) is 12.0. The molecule has 0 radical (unpaired) electrons. The molecule has 0 bridgehead atoms. The summed E-state index contributed by atoms with van der Waals surface area (Å²) < 4.78 is 0. The van der Waals surface area contributed by atoms with Crippen LogP contribution in [-0.2, 0) is 4.79 Å². The summed E-state index contributed by atoms with van der Waals surface area (Å²) in [5.41, 5.74) is 3.21. The minimum absolute atomic E-state index is 0.106. The molecule has 0 heterocycles. The zero-order valence-electron chi connectivity index (χ0n) is 9.85. The van der Waals surface area contributed by atoms with E-state index < -0.39 is 0 Å². The Kier molecular flexibility index (Phi) is 5.53. The molecule has 2 nitrogen and oxygen atoms in total. The van der Waals surface area contributed by atoms with E-state index in [9.17, 15) is 4.79 Å². The van der Waals surface area contributed by atoms with Crippen LogP contribution in [0.4, 0.5) is 5.69 Å². The smallest absolute Gasteiger partial charge is 0.224 e. The summed E-state index contributed by atoms with van der Waals surface area (Å²) >= 11 is 3.36. The summed E-state index contributed by atoms with van der Waals surface area (Å²) in [7, 11) is 0. The first-order valence-electron chi connectivity index (χ1n) is 5.56. The quantitative estimate of drug-likeness (QED) is 0.646. The maximum absolute atomic E-state index is 11.6. The Hall–Kier alpha value is -0.830. The molecule has 0 spiro atoms. The molecule has 0 fully saturated rings. The number of anilines is 1. The van der Waals surface area contributed by atoms with Crippen LogP contribution < -0.4 is 5.32 Å². The molecule has 0 saturated carbocycles. The summed E-state index contributed by atoms with van der Waals surface area (Å²) in [5.74, 6) is 0.106. The lowest BCUT2D eigenvalue weighted by Crippen LogP contribution is -2.12. The molecule has 3 heteroatoms. The molecule has 0 aromatic heterocycles. The fourth-order valence-corrected chi connectivity index (χ4v) is 1.86. The second-order valence-corrected chi connectivity index (χ2v) is 4.81. The van der Waals surface area contributed by atoms with Crippen molar-refractivity contribution >= 4 is 27.5 Å². The number of alkyl halides is 1. The SMILES string of the molecule is Cc1ccc(C)c(NC(=O)CCCCBr)c1. The van der Waals surface area contributed by atoms with Crippen LogP contribution in [0, 0.1) is 13.8 Å². The maximum atomic E-state index is 11.6. The van der Waals surface area contributed by atoms with Crippen molar-refractivity contribution in [3.63, 3.8) is 0 Å². The number of benzene rings is 1. The Bertz CT molecular complexity index is 363. The lowest BCUT2D eigenvalue weighted by atomic mass is 10.1. The van der Waals surface area contributed by atoms with Crippen molar-refractivity contribution in [2.24, 2.45) is 0 Å². The van der Waals surface area contributed by atoms with Crippen molar-refractivity contribution in [1.29, 1.82) is 0 Å². The molecule has 0 aliphatic rings. The van der Waals surface area contributed by atoms with Gasteiger partial charge in [0.15, 0.2) is 0 Å². The molecule has 1 N–H and O–H groups in total. The van der Waals surface area contributed by atoms with Gasteiger partial charge < -0.3 is 5.32 Å². The third-order valence-electron chi connectivity index (χ3n) is 2.45. The summed E-state index contributed by atoms with van der Waals surface area (Å²) in [4.78, 5) is 11.6. The van der Waals surface area contributed by atoms with Crippen molar-refractivity contribution in [3.8, 4) is 0 Å². The van der Waals surface area contributed by atoms with E-state index in [0.29, 0.717) is 6.42 Å². The molecule has 0 unspecified atom stereocenters. The largest absolute Gasteiger partial charge is 0.326 e. The summed E-state index contributed by atoms with van der Waals surface area (Å²) in [5, 5.41) is 3.92. The van der Waals surface area contributed by atoms with Gasteiger partial charge in [-0.2, -0.15) is 0 Å². The lowest BCUT2D eigenvalue weighted by molar-refractivity contribution is -0.116. The Labute approximate surface area is 106 Å². The van der Waals surface area contributed by atoms with E-state index in [4.69, 9.17) is 0 Å². The van der Waals surface area contributed by atoms with Crippen molar-refractivity contribution in [1.82, 2.24) is 0 Å². The topological polar surface area (TPSA) is 29.1 Å². The van der Waals surface area contributed by atoms with E-state index in [1.165, 1.54) is 5.56 Å². The normalized spacial score (nSPS) is 10.2. The maximum Gasteiger partial charge on any atom is 0.224 e. The number of amides is 1. The highest BCUT2D eigenvalue weighted by atomic mass is 79.9. The molecule has 16 heavy (non-hydrogen) atoms. The van der Waals surface area contributed by atoms with Gasteiger partial charge in [0, 0.05) is 17.4 Å². The molecule has 1 aromatic carbocycles. The molecular weight excluding hydrogens is 266 g/mol. The fourth-order valence-electron chi connectivity index (χ4n) is 1.46. The van der Waals surface area contributed by atoms with E-state index in [-0.39, 0.29) is 5.91 Å². The highest BCUT2D eigenvalue weighted by molar-refractivity contribution is 9.09. The van der Waals surface area contributed by atoms with Gasteiger partial charge >= 0.3 is 0 Å². The highest BCUT2D eigenvalue weighted by Gasteiger charge is 2.04. The Balaban J connectivity index is 2.52. The Morgan fingerprint density at radius 2 is 2.06 bits per heavy atom. The van der Waals surface area contributed by atoms with E-state index in [1.807, 2.05) is 26.0 Å². The van der Waals surface area contributed by atoms with Crippen LogP contribution >= 0.6 is 15.9 Å². The number of carbonyl (C=O) groups is 1. The van der Waals surface area contributed by atoms with E-state index in [2.05, 4.69) is 27.3 Å². The number of nitrogens with one attached hydrogen (secondary N) is 1. The first kappa shape index (κ1) is 13.2. The van der Waals surface area contributed by atoms with Crippen LogP contribution in [0.15, 0.2) is 18.2 Å². The van der Waals surface area contributed by atoms with Gasteiger partial charge in [-0.25, -0.2) is 0 Å². The second-order valence-electron chi connectivity index (χ2n) is 4.01. The van der Waals surface area contributed by atoms with Crippen LogP contribution in [0.3, 0.4) is 0 Å². The monoisotopic (exact) mass is 283 g/mol. The van der Waals surface area contributed by atoms with Crippen LogP contribution in [0.5, 0.6) is 0 Å². The molecule has 0 atom stereocenters. The summed E-state index contributed by atoms with van der Waals surface area (Å²) in [6, 6.07) is 6.09. The van der Waals surface area contributed by atoms with Gasteiger partial charge in [-0.05, 0) is 43.9 Å². The van der Waals surface area contributed by atoms with Crippen LogP contribution in [0.2, 0.25) is 0 Å². The molecule has 1 rings (SSSR count). The highest BCUT2D eigenvalue weighted by Crippen LogP contribution is 2.16. The first-order chi connectivity index (χ1) is 7.63. The van der Waals surface area contributed by atoms with Crippen molar-refractivity contribution in [2.45, 2.75) is 33.1 Å². The van der Waals surface area contributed by atoms with Crippen molar-refractivity contribution in [3.05, 3.63) is 29.3 Å². The Morgan fingerprint density at radius 1 is 1.31 bits per heavy atom. The van der Waals surface area contributed by atoms with Crippen LogP contribution in [0.25, 0.3) is 0 Å². The number of hydrogen-bond donors (Lipinski definition) is 1. The molecule has 0 saturated heterocycles. The summed E-state index contributed by atoms with van der Waals surface area (Å²) in [6.07, 6.45) is 2.57. The molecule has 0 aliphatic heterocycles. The fraction of sp³-hybridized carbons (Fsp3) is 0.462. The van der Waals surface area contributed by atoms with Crippen molar-refractivity contribution < 1.29 is 4.79 Å². The first-order valence-corrected chi connectivity index (χ1v) is 6.68. The van der Waals surface area contributed by atoms with Crippen LogP contribution in [-0.4, -0.2) is 11.2 Å². The molecule has 88 valence electrons. The van der Waals surface area contributed by atoms with Gasteiger partial charge in [-0.15, -0.1) is 0 Å². The molecule has 0 aliphatic carbocycles. The van der Waals surface area contributed by atoms with Crippen molar-refractivity contribution in [2.75, 3.05) is 10.6 Å². The minimum Gasteiger partial charge on any atom is -0.326 e.